The highest BCUT2D eigenvalue weighted by Crippen LogP contribution is 2.40. The zero-order chi connectivity index (χ0) is 19.7. The number of sulfonamides is 1. The minimum absolute atomic E-state index is 0.0288. The maximum Gasteiger partial charge on any atom is 0.238 e. The van der Waals surface area contributed by atoms with Crippen LogP contribution in [0, 0.1) is 11.7 Å². The minimum Gasteiger partial charge on any atom is -0.482 e. The van der Waals surface area contributed by atoms with Crippen molar-refractivity contribution in [1.82, 2.24) is 4.90 Å². The number of hydrogen-bond acceptors (Lipinski definition) is 5. The zero-order valence-electron chi connectivity index (χ0n) is 15.4. The van der Waals surface area contributed by atoms with E-state index in [1.807, 2.05) is 18.2 Å². The molecule has 0 unspecified atom stereocenters. The largest absolute Gasteiger partial charge is 0.482 e. The molecule has 0 saturated carbocycles. The Kier molecular flexibility index (Phi) is 5.37. The molecule has 1 aliphatic heterocycles. The second-order valence-electron chi connectivity index (χ2n) is 7.25. The van der Waals surface area contributed by atoms with Gasteiger partial charge in [-0.3, -0.25) is 4.90 Å². The first kappa shape index (κ1) is 19.3. The first-order chi connectivity index (χ1) is 13.4. The van der Waals surface area contributed by atoms with Crippen molar-refractivity contribution in [2.24, 2.45) is 11.1 Å². The Bertz CT molecular complexity index is 960. The van der Waals surface area contributed by atoms with Gasteiger partial charge >= 0.3 is 0 Å². The molecule has 1 saturated heterocycles. The summed E-state index contributed by atoms with van der Waals surface area (Å²) in [5.41, 5.74) is 2.25. The van der Waals surface area contributed by atoms with E-state index < -0.39 is 15.8 Å². The standard InChI is InChI=1S/C20H23FN2O4S/c21-18-12-16(28(22,24)25)5-6-19(18)27-20-15(13-23-7-9-26-10-8-23)11-14-3-1-2-4-17(14)20/h1-6,12,15,20H,7-11,13H2,(H2,22,24,25)/t15-,20-/m1/s1. The maximum absolute atomic E-state index is 14.5. The number of hydrogen-bond donors (Lipinski definition) is 1. The van der Waals surface area contributed by atoms with Gasteiger partial charge in [0.05, 0.1) is 18.1 Å². The maximum atomic E-state index is 14.5. The fourth-order valence-electron chi connectivity index (χ4n) is 3.97. The Balaban J connectivity index is 1.59. The number of halogens is 1. The second kappa shape index (κ2) is 7.79. The van der Waals surface area contributed by atoms with Crippen molar-refractivity contribution in [1.29, 1.82) is 0 Å². The molecular weight excluding hydrogens is 383 g/mol. The molecule has 2 N–H and O–H groups in total. The molecule has 8 heteroatoms. The molecule has 2 aliphatic rings. The average Bonchev–Trinajstić information content (AvgIpc) is 3.00. The van der Waals surface area contributed by atoms with E-state index in [9.17, 15) is 12.8 Å². The van der Waals surface area contributed by atoms with E-state index in [0.29, 0.717) is 0 Å². The van der Waals surface area contributed by atoms with Gasteiger partial charge in [0.2, 0.25) is 10.0 Å². The van der Waals surface area contributed by atoms with E-state index in [1.54, 1.807) is 0 Å². The molecular formula is C20H23FN2O4S. The molecule has 0 bridgehead atoms. The minimum atomic E-state index is -3.96. The first-order valence-corrected chi connectivity index (χ1v) is 10.8. The van der Waals surface area contributed by atoms with Gasteiger partial charge in [-0.25, -0.2) is 17.9 Å². The van der Waals surface area contributed by atoms with Gasteiger partial charge in [-0.15, -0.1) is 0 Å². The average molecular weight is 406 g/mol. The molecule has 2 atom stereocenters. The summed E-state index contributed by atoms with van der Waals surface area (Å²) < 4.78 is 48.9. The lowest BCUT2D eigenvalue weighted by atomic mass is 10.0. The number of benzene rings is 2. The molecule has 0 aromatic heterocycles. The van der Waals surface area contributed by atoms with Crippen LogP contribution in [0.3, 0.4) is 0 Å². The number of nitrogens with zero attached hydrogens (tertiary/aromatic N) is 1. The number of primary sulfonamides is 1. The summed E-state index contributed by atoms with van der Waals surface area (Å²) in [7, 11) is -3.96. The van der Waals surface area contributed by atoms with Crippen LogP contribution >= 0.6 is 0 Å². The van der Waals surface area contributed by atoms with Crippen molar-refractivity contribution in [3.63, 3.8) is 0 Å². The van der Waals surface area contributed by atoms with Crippen LogP contribution in [-0.2, 0) is 21.2 Å². The Hall–Kier alpha value is -2.00. The summed E-state index contributed by atoms with van der Waals surface area (Å²) in [6.45, 7) is 4.01. The highest BCUT2D eigenvalue weighted by Gasteiger charge is 2.36. The van der Waals surface area contributed by atoms with Gasteiger partial charge in [-0.2, -0.15) is 0 Å². The van der Waals surface area contributed by atoms with E-state index in [2.05, 4.69) is 11.0 Å². The molecule has 2 aromatic carbocycles. The number of ether oxygens (including phenoxy) is 2. The monoisotopic (exact) mass is 406 g/mol. The highest BCUT2D eigenvalue weighted by molar-refractivity contribution is 7.89. The van der Waals surface area contributed by atoms with Gasteiger partial charge in [0.25, 0.3) is 0 Å². The van der Waals surface area contributed by atoms with Crippen molar-refractivity contribution >= 4 is 10.0 Å². The third-order valence-corrected chi connectivity index (χ3v) is 6.27. The van der Waals surface area contributed by atoms with E-state index in [-0.39, 0.29) is 22.7 Å². The SMILES string of the molecule is NS(=O)(=O)c1ccc(O[C@H]2c3ccccc3C[C@@H]2CN2CCOCC2)c(F)c1. The van der Waals surface area contributed by atoms with Crippen molar-refractivity contribution in [3.8, 4) is 5.75 Å². The molecule has 0 radical (unpaired) electrons. The van der Waals surface area contributed by atoms with Crippen molar-refractivity contribution in [2.45, 2.75) is 17.4 Å². The van der Waals surface area contributed by atoms with Gasteiger partial charge in [0, 0.05) is 25.6 Å². The predicted molar refractivity (Wildman–Crippen MR) is 102 cm³/mol. The van der Waals surface area contributed by atoms with Crippen LogP contribution in [0.1, 0.15) is 17.2 Å². The fourth-order valence-corrected chi connectivity index (χ4v) is 4.49. The summed E-state index contributed by atoms with van der Waals surface area (Å²) in [5, 5.41) is 5.08. The zero-order valence-corrected chi connectivity index (χ0v) is 16.2. The van der Waals surface area contributed by atoms with E-state index in [0.717, 1.165) is 50.9 Å². The Morgan fingerprint density at radius 3 is 2.64 bits per heavy atom. The van der Waals surface area contributed by atoms with E-state index in [4.69, 9.17) is 14.6 Å². The molecule has 4 rings (SSSR count). The van der Waals surface area contributed by atoms with Gasteiger partial charge in [-0.1, -0.05) is 24.3 Å². The van der Waals surface area contributed by atoms with Crippen LogP contribution in [0.2, 0.25) is 0 Å². The van der Waals surface area contributed by atoms with Crippen molar-refractivity contribution in [3.05, 3.63) is 59.4 Å². The van der Waals surface area contributed by atoms with Gasteiger partial charge in [-0.05, 0) is 35.7 Å². The Labute approximate surface area is 164 Å². The predicted octanol–water partition coefficient (Wildman–Crippen LogP) is 2.10. The smallest absolute Gasteiger partial charge is 0.238 e. The van der Waals surface area contributed by atoms with Crippen LogP contribution in [0.25, 0.3) is 0 Å². The molecule has 1 fully saturated rings. The summed E-state index contributed by atoms with van der Waals surface area (Å²) >= 11 is 0. The van der Waals surface area contributed by atoms with Crippen LogP contribution < -0.4 is 9.88 Å². The molecule has 28 heavy (non-hydrogen) atoms. The lowest BCUT2D eigenvalue weighted by Crippen LogP contribution is -2.40. The van der Waals surface area contributed by atoms with Crippen LogP contribution in [0.4, 0.5) is 4.39 Å². The third kappa shape index (κ3) is 4.05. The normalized spacial score (nSPS) is 22.8. The molecule has 0 spiro atoms. The van der Waals surface area contributed by atoms with Gasteiger partial charge in [0.15, 0.2) is 11.6 Å². The molecule has 2 aromatic rings. The number of fused-ring (bicyclic) bond motifs is 1. The third-order valence-electron chi connectivity index (χ3n) is 5.35. The summed E-state index contributed by atoms with van der Waals surface area (Å²) in [4.78, 5) is 2.07. The summed E-state index contributed by atoms with van der Waals surface area (Å²) in [5.74, 6) is -0.532. The fraction of sp³-hybridized carbons (Fsp3) is 0.400. The van der Waals surface area contributed by atoms with Crippen LogP contribution in [-0.4, -0.2) is 46.2 Å². The molecule has 0 amide bonds. The topological polar surface area (TPSA) is 81.9 Å². The Morgan fingerprint density at radius 2 is 1.93 bits per heavy atom. The van der Waals surface area contributed by atoms with E-state index in [1.165, 1.54) is 17.7 Å². The number of rotatable bonds is 5. The van der Waals surface area contributed by atoms with Crippen LogP contribution in [0.5, 0.6) is 5.75 Å². The summed E-state index contributed by atoms with van der Waals surface area (Å²) in [6, 6.07) is 11.5. The van der Waals surface area contributed by atoms with Crippen molar-refractivity contribution in [2.75, 3.05) is 32.8 Å². The Morgan fingerprint density at radius 1 is 1.18 bits per heavy atom. The van der Waals surface area contributed by atoms with Gasteiger partial charge in [0.1, 0.15) is 6.10 Å². The number of morpholine rings is 1. The van der Waals surface area contributed by atoms with E-state index >= 15 is 0 Å². The lowest BCUT2D eigenvalue weighted by molar-refractivity contribution is 0.0187. The lowest BCUT2D eigenvalue weighted by Gasteiger charge is -2.31. The number of nitrogens with two attached hydrogens (primary N) is 1. The second-order valence-corrected chi connectivity index (χ2v) is 8.81. The van der Waals surface area contributed by atoms with Gasteiger partial charge < -0.3 is 9.47 Å². The molecule has 150 valence electrons. The molecule has 1 aliphatic carbocycles. The van der Waals surface area contributed by atoms with Crippen LogP contribution in [0.15, 0.2) is 47.4 Å². The summed E-state index contributed by atoms with van der Waals surface area (Å²) in [6.07, 6.45) is 0.559. The first-order valence-electron chi connectivity index (χ1n) is 9.29. The van der Waals surface area contributed by atoms with Crippen molar-refractivity contribution < 1.29 is 22.3 Å². The highest BCUT2D eigenvalue weighted by atomic mass is 32.2. The molecule has 6 nitrogen and oxygen atoms in total. The molecule has 1 heterocycles. The quantitative estimate of drug-likeness (QED) is 0.822.